The molecule has 3 aromatic rings. The van der Waals surface area contributed by atoms with Crippen LogP contribution in [0.15, 0.2) is 72.6 Å². The summed E-state index contributed by atoms with van der Waals surface area (Å²) in [5.41, 5.74) is -1.89. The molecule has 0 radical (unpaired) electrons. The average Bonchev–Trinajstić information content (AvgIpc) is 3.78. The van der Waals surface area contributed by atoms with Crippen LogP contribution >= 0.6 is 0 Å². The Kier molecular flexibility index (Phi) is 7.13. The van der Waals surface area contributed by atoms with E-state index in [0.29, 0.717) is 14.7 Å². The maximum absolute atomic E-state index is 12.5. The number of imide groups is 6. The summed E-state index contributed by atoms with van der Waals surface area (Å²) >= 11 is 0. The van der Waals surface area contributed by atoms with Gasteiger partial charge in [-0.25, -0.2) is 0 Å². The molecule has 3 saturated heterocycles. The number of nitrogens with zero attached hydrogens (tertiary/aromatic N) is 3. The molecule has 6 aliphatic heterocycles. The van der Waals surface area contributed by atoms with Crippen LogP contribution in [0.25, 0.3) is 0 Å². The number of rotatable bonds is 3. The summed E-state index contributed by atoms with van der Waals surface area (Å²) < 4.78 is 76.6. The van der Waals surface area contributed by atoms with Crippen molar-refractivity contribution in [2.45, 2.75) is 56.7 Å². The molecule has 3 aromatic carbocycles. The highest BCUT2D eigenvalue weighted by molar-refractivity contribution is 6.25. The molecule has 0 bridgehead atoms. The molecule has 57 heavy (non-hydrogen) atoms. The second kappa shape index (κ2) is 15.0. The Balaban J connectivity index is 0.000000149. The molecular weight excluding hydrogens is 744 g/mol. The van der Waals surface area contributed by atoms with E-state index in [-0.39, 0.29) is 78.9 Å². The lowest BCUT2D eigenvalue weighted by molar-refractivity contribution is -0.137. The largest absolute Gasteiger partial charge is 0.295 e. The zero-order valence-electron chi connectivity index (χ0n) is 38.9. The molecule has 0 aromatic heterocycles. The van der Waals surface area contributed by atoms with E-state index in [0.717, 1.165) is 12.1 Å². The molecule has 18 heteroatoms. The first-order valence-electron chi connectivity index (χ1n) is 21.9. The van der Waals surface area contributed by atoms with Crippen molar-refractivity contribution in [1.29, 1.82) is 0 Å². The topological polar surface area (TPSA) is 251 Å². The van der Waals surface area contributed by atoms with Gasteiger partial charge in [0.15, 0.2) is 0 Å². The van der Waals surface area contributed by atoms with Crippen LogP contribution in [0.5, 0.6) is 0 Å². The predicted octanol–water partition coefficient (Wildman–Crippen LogP) is 0.263. The first-order valence-corrected chi connectivity index (χ1v) is 16.9. The summed E-state index contributed by atoms with van der Waals surface area (Å²) in [5, 5.41) is 6.16. The van der Waals surface area contributed by atoms with E-state index in [4.69, 9.17) is 13.7 Å². The van der Waals surface area contributed by atoms with E-state index in [9.17, 15) is 57.5 Å². The molecule has 0 saturated carbocycles. The minimum Gasteiger partial charge on any atom is -0.295 e. The standard InChI is InChI=1S/3C13H10N2O4/c3*16-10-6-5-9(11(17)14-10)15-12(18)7-3-1-2-4-8(7)13(15)19/h3*1-4,9H,5-6H2,(H,14,16,17)/i1D,2D,3D,4D;1D,3D,4D;1D,2D,3D. The normalized spacial score (nSPS) is 25.0. The van der Waals surface area contributed by atoms with Gasteiger partial charge in [0, 0.05) is 19.3 Å². The summed E-state index contributed by atoms with van der Waals surface area (Å²) in [6.07, 6.45) is -0.0632. The van der Waals surface area contributed by atoms with Gasteiger partial charge in [-0.3, -0.25) is 88.2 Å². The number of nitrogens with one attached hydrogen (secondary N) is 3. The van der Waals surface area contributed by atoms with Gasteiger partial charge in [-0.05, 0) is 55.5 Å². The lowest BCUT2D eigenvalue weighted by Gasteiger charge is -2.27. The van der Waals surface area contributed by atoms with Gasteiger partial charge in [0.1, 0.15) is 18.1 Å². The molecule has 12 amide bonds. The number of amides is 12. The number of carbonyl (C=O) groups is 12. The van der Waals surface area contributed by atoms with E-state index < -0.39 is 142 Å². The monoisotopic (exact) mass is 784 g/mol. The highest BCUT2D eigenvalue weighted by Crippen LogP contribution is 2.29. The Labute approximate surface area is 335 Å². The van der Waals surface area contributed by atoms with Crippen LogP contribution < -0.4 is 16.0 Å². The molecule has 9 rings (SSSR count). The number of fused-ring (bicyclic) bond motifs is 3. The van der Waals surface area contributed by atoms with Crippen molar-refractivity contribution >= 4 is 70.9 Å². The van der Waals surface area contributed by atoms with Gasteiger partial charge in [0.05, 0.1) is 47.1 Å². The van der Waals surface area contributed by atoms with Crippen molar-refractivity contribution in [3.63, 3.8) is 0 Å². The van der Waals surface area contributed by atoms with Crippen LogP contribution in [0.4, 0.5) is 0 Å². The Morgan fingerprint density at radius 3 is 1.07 bits per heavy atom. The minimum absolute atomic E-state index is 0.00450. The first-order chi connectivity index (χ1) is 31.4. The van der Waals surface area contributed by atoms with Crippen molar-refractivity contribution in [1.82, 2.24) is 30.7 Å². The van der Waals surface area contributed by atoms with E-state index in [1.165, 1.54) is 0 Å². The van der Waals surface area contributed by atoms with Crippen LogP contribution in [0.1, 0.15) is 114 Å². The Hall–Kier alpha value is -7.50. The van der Waals surface area contributed by atoms with Crippen LogP contribution in [-0.4, -0.2) is 104 Å². The lowest BCUT2D eigenvalue weighted by Crippen LogP contribution is -2.54. The van der Waals surface area contributed by atoms with Gasteiger partial charge in [0.2, 0.25) is 35.4 Å². The number of benzene rings is 3. The molecule has 6 heterocycles. The maximum Gasteiger partial charge on any atom is 0.262 e. The molecular formula is C39H30N6O12. The first kappa shape index (κ1) is 27.1. The molecule has 3 unspecified atom stereocenters. The number of hydrogen-bond donors (Lipinski definition) is 3. The molecule has 3 fully saturated rings. The van der Waals surface area contributed by atoms with Crippen molar-refractivity contribution < 1.29 is 71.2 Å². The van der Waals surface area contributed by atoms with Gasteiger partial charge < -0.3 is 0 Å². The summed E-state index contributed by atoms with van der Waals surface area (Å²) in [7, 11) is 0. The van der Waals surface area contributed by atoms with E-state index in [1.807, 2.05) is 5.32 Å². The van der Waals surface area contributed by atoms with Gasteiger partial charge in [0.25, 0.3) is 35.4 Å². The predicted molar refractivity (Wildman–Crippen MR) is 189 cm³/mol. The van der Waals surface area contributed by atoms with Crippen molar-refractivity contribution in [3.8, 4) is 0 Å². The van der Waals surface area contributed by atoms with Crippen molar-refractivity contribution in [2.24, 2.45) is 0 Å². The summed E-state index contributed by atoms with van der Waals surface area (Å²) in [4.78, 5) is 146. The van der Waals surface area contributed by atoms with E-state index in [1.54, 1.807) is 0 Å². The van der Waals surface area contributed by atoms with E-state index >= 15 is 0 Å². The van der Waals surface area contributed by atoms with Crippen molar-refractivity contribution in [3.05, 3.63) is 106 Å². The lowest BCUT2D eigenvalue weighted by atomic mass is 10.0. The van der Waals surface area contributed by atoms with Gasteiger partial charge >= 0.3 is 0 Å². The molecule has 288 valence electrons. The molecule has 6 aliphatic rings. The van der Waals surface area contributed by atoms with Gasteiger partial charge in [-0.1, -0.05) is 36.3 Å². The Morgan fingerprint density at radius 1 is 0.404 bits per heavy atom. The van der Waals surface area contributed by atoms with Gasteiger partial charge in [-0.2, -0.15) is 0 Å². The molecule has 3 atom stereocenters. The third-order valence-electron chi connectivity index (χ3n) is 9.35. The highest BCUT2D eigenvalue weighted by atomic mass is 16.2. The van der Waals surface area contributed by atoms with Gasteiger partial charge in [-0.15, -0.1) is 0 Å². The van der Waals surface area contributed by atoms with Crippen LogP contribution in [0, 0.1) is 0 Å². The molecule has 0 aliphatic carbocycles. The maximum atomic E-state index is 12.5. The highest BCUT2D eigenvalue weighted by Gasteiger charge is 2.46. The Bertz CT molecular complexity index is 2890. The summed E-state index contributed by atoms with van der Waals surface area (Å²) in [6, 6.07) is -6.28. The quantitative estimate of drug-likeness (QED) is 0.303. The van der Waals surface area contributed by atoms with Crippen LogP contribution in [0.3, 0.4) is 0 Å². The molecule has 0 spiro atoms. The average molecular weight is 785 g/mol. The number of piperidine rings is 3. The van der Waals surface area contributed by atoms with Crippen molar-refractivity contribution in [2.75, 3.05) is 0 Å². The van der Waals surface area contributed by atoms with E-state index in [2.05, 4.69) is 10.6 Å². The number of carbonyl (C=O) groups excluding carboxylic acids is 12. The fraction of sp³-hybridized carbons (Fsp3) is 0.231. The summed E-state index contributed by atoms with van der Waals surface area (Å²) in [6.45, 7) is 0. The summed E-state index contributed by atoms with van der Waals surface area (Å²) in [5.74, 6) is -8.99. The minimum atomic E-state index is -1.21. The fourth-order valence-electron chi connectivity index (χ4n) is 6.64. The fourth-order valence-corrected chi connectivity index (χ4v) is 6.64. The second-order valence-corrected chi connectivity index (χ2v) is 12.7. The molecule has 18 nitrogen and oxygen atoms in total. The zero-order chi connectivity index (χ0) is 49.4. The van der Waals surface area contributed by atoms with Crippen LogP contribution in [0.2, 0.25) is 0 Å². The smallest absolute Gasteiger partial charge is 0.262 e. The van der Waals surface area contributed by atoms with Crippen LogP contribution in [-0.2, 0) is 28.8 Å². The SMILES string of the molecule is [2H]c1c([2H])c([2H])c2c(c1[2H])C(=O)N(C1CCC(=O)NC1=O)C2=O.[2H]c1cc([2H])c2c(c1[2H])C(=O)N(C1CCC(=O)NC1=O)C2=O.[2H]c1cc2c(c([2H])c1[2H])C(=O)N(C1CCC(=O)NC1=O)C2=O. The third-order valence-corrected chi connectivity index (χ3v) is 9.35. The Morgan fingerprint density at radius 2 is 0.702 bits per heavy atom. The molecule has 3 N–H and O–H groups in total. The zero-order valence-corrected chi connectivity index (χ0v) is 28.9. The third kappa shape index (κ3) is 6.77. The second-order valence-electron chi connectivity index (χ2n) is 12.7. The number of hydrogen-bond acceptors (Lipinski definition) is 12.